The van der Waals surface area contributed by atoms with Crippen molar-refractivity contribution in [2.24, 2.45) is 0 Å². The van der Waals surface area contributed by atoms with Crippen LogP contribution in [0.3, 0.4) is 0 Å². The zero-order valence-electron chi connectivity index (χ0n) is 10.8. The van der Waals surface area contributed by atoms with Gasteiger partial charge < -0.3 is 0 Å². The lowest BCUT2D eigenvalue weighted by Gasteiger charge is -2.29. The lowest BCUT2D eigenvalue weighted by molar-refractivity contribution is 0.424. The molecule has 0 saturated heterocycles. The maximum atomic E-state index is 3.17. The van der Waals surface area contributed by atoms with Gasteiger partial charge in [-0.3, -0.25) is 0 Å². The van der Waals surface area contributed by atoms with Gasteiger partial charge in [0.05, 0.1) is 0 Å². The fourth-order valence-electron chi connectivity index (χ4n) is 1.96. The summed E-state index contributed by atoms with van der Waals surface area (Å²) in [4.78, 5) is 0. The summed E-state index contributed by atoms with van der Waals surface area (Å²) >= 11 is 0. The van der Waals surface area contributed by atoms with Gasteiger partial charge in [0.15, 0.2) is 0 Å². The van der Waals surface area contributed by atoms with Crippen molar-refractivity contribution in [1.29, 1.82) is 0 Å². The summed E-state index contributed by atoms with van der Waals surface area (Å²) < 4.78 is 0. The molecule has 0 bridgehead atoms. The second-order valence-corrected chi connectivity index (χ2v) is 5.90. The van der Waals surface area contributed by atoms with E-state index in [4.69, 9.17) is 0 Å². The summed E-state index contributed by atoms with van der Waals surface area (Å²) in [5.74, 6) is 0. The Morgan fingerprint density at radius 2 is 1.00 bits per heavy atom. The molecule has 1 unspecified atom stereocenters. The van der Waals surface area contributed by atoms with E-state index in [2.05, 4.69) is 30.0 Å². The second-order valence-electron chi connectivity index (χ2n) is 4.67. The summed E-state index contributed by atoms with van der Waals surface area (Å²) in [5.41, 5.74) is 0. The number of halogens is 1. The van der Waals surface area contributed by atoms with Gasteiger partial charge in [0.1, 0.15) is 0 Å². The van der Waals surface area contributed by atoms with Gasteiger partial charge in [0, 0.05) is 0 Å². The van der Waals surface area contributed by atoms with Gasteiger partial charge in [-0.25, -0.2) is 0 Å². The largest absolute Gasteiger partial charge is 0.131 e. The van der Waals surface area contributed by atoms with Crippen LogP contribution in [0.4, 0.5) is 0 Å². The molecule has 15 heavy (non-hydrogen) atoms. The predicted octanol–water partition coefficient (Wildman–Crippen LogP) is 5.75. The van der Waals surface area contributed by atoms with Crippen LogP contribution in [-0.4, -0.2) is 5.16 Å². The van der Waals surface area contributed by atoms with E-state index in [1.54, 1.807) is 0 Å². The smallest absolute Gasteiger partial charge is 0.0150 e. The Labute approximate surface area is 110 Å². The average Bonchev–Trinajstić information content (AvgIpc) is 2.21. The molecular weight excluding hydrogens is 267 g/mol. The Bertz CT molecular complexity index is 104. The molecule has 0 aliphatic rings. The van der Waals surface area contributed by atoms with Gasteiger partial charge in [-0.05, 0) is 24.4 Å². The molecule has 0 spiro atoms. The van der Waals surface area contributed by atoms with Gasteiger partial charge in [0.2, 0.25) is 0 Å². The fourth-order valence-corrected chi connectivity index (χ4v) is 2.57. The highest BCUT2D eigenvalue weighted by Gasteiger charge is 2.22. The standard InChI is InChI=1S/C13H29P.BrH/c1-4-7-10-13(14,11-8-5-2)12-9-6-3;/h4-12,14H2,1-3H3;1H. The van der Waals surface area contributed by atoms with Crippen LogP contribution in [0.1, 0.15) is 78.6 Å². The van der Waals surface area contributed by atoms with E-state index in [1.807, 2.05) is 0 Å². The first-order valence-electron chi connectivity index (χ1n) is 6.47. The van der Waals surface area contributed by atoms with Gasteiger partial charge in [-0.15, -0.1) is 26.2 Å². The maximum Gasteiger partial charge on any atom is -0.0150 e. The average molecular weight is 297 g/mol. The van der Waals surface area contributed by atoms with Crippen molar-refractivity contribution < 1.29 is 0 Å². The molecule has 94 valence electrons. The molecule has 0 fully saturated rings. The lowest BCUT2D eigenvalue weighted by Crippen LogP contribution is -2.20. The molecule has 0 nitrogen and oxygen atoms in total. The molecule has 0 heterocycles. The molecule has 1 atom stereocenters. The molecule has 2 heteroatoms. The predicted molar refractivity (Wildman–Crippen MR) is 81.3 cm³/mol. The zero-order valence-corrected chi connectivity index (χ0v) is 13.7. The quantitative estimate of drug-likeness (QED) is 0.475. The summed E-state index contributed by atoms with van der Waals surface area (Å²) in [5, 5.41) is 0.571. The summed E-state index contributed by atoms with van der Waals surface area (Å²) in [6.07, 6.45) is 12.5. The number of hydrogen-bond donors (Lipinski definition) is 0. The zero-order chi connectivity index (χ0) is 10.9. The Morgan fingerprint density at radius 1 is 0.733 bits per heavy atom. The minimum atomic E-state index is 0. The van der Waals surface area contributed by atoms with Crippen LogP contribution in [0.2, 0.25) is 0 Å². The van der Waals surface area contributed by atoms with E-state index in [9.17, 15) is 0 Å². The van der Waals surface area contributed by atoms with E-state index < -0.39 is 0 Å². The van der Waals surface area contributed by atoms with Crippen LogP contribution in [0.15, 0.2) is 0 Å². The van der Waals surface area contributed by atoms with Crippen molar-refractivity contribution in [3.63, 3.8) is 0 Å². The van der Waals surface area contributed by atoms with Crippen LogP contribution in [0, 0.1) is 0 Å². The van der Waals surface area contributed by atoms with Crippen LogP contribution in [-0.2, 0) is 0 Å². The molecule has 0 aromatic carbocycles. The first-order valence-corrected chi connectivity index (χ1v) is 7.05. The van der Waals surface area contributed by atoms with E-state index >= 15 is 0 Å². The minimum Gasteiger partial charge on any atom is -0.131 e. The molecule has 0 radical (unpaired) electrons. The summed E-state index contributed by atoms with van der Waals surface area (Å²) in [7, 11) is 3.17. The van der Waals surface area contributed by atoms with E-state index in [0.717, 1.165) is 0 Å². The van der Waals surface area contributed by atoms with Crippen LogP contribution >= 0.6 is 26.2 Å². The molecule has 0 aliphatic carbocycles. The van der Waals surface area contributed by atoms with Crippen molar-refractivity contribution >= 4 is 26.2 Å². The SMILES string of the molecule is Br.CCCCC(P)(CCCC)CCCC. The fraction of sp³-hybridized carbons (Fsp3) is 1.00. The minimum absolute atomic E-state index is 0. The molecule has 0 N–H and O–H groups in total. The van der Waals surface area contributed by atoms with Crippen LogP contribution < -0.4 is 0 Å². The van der Waals surface area contributed by atoms with Gasteiger partial charge in [-0.1, -0.05) is 59.3 Å². The molecule has 0 rings (SSSR count). The summed E-state index contributed by atoms with van der Waals surface area (Å²) in [6, 6.07) is 0. The monoisotopic (exact) mass is 296 g/mol. The van der Waals surface area contributed by atoms with Gasteiger partial charge >= 0.3 is 0 Å². The summed E-state index contributed by atoms with van der Waals surface area (Å²) in [6.45, 7) is 6.89. The Kier molecular flexibility index (Phi) is 13.9. The third-order valence-electron chi connectivity index (χ3n) is 3.08. The number of unbranched alkanes of at least 4 members (excludes halogenated alkanes) is 3. The maximum absolute atomic E-state index is 3.17. The van der Waals surface area contributed by atoms with E-state index in [1.165, 1.54) is 57.8 Å². The van der Waals surface area contributed by atoms with Crippen molar-refractivity contribution in [2.45, 2.75) is 83.7 Å². The molecular formula is C13H30BrP. The second kappa shape index (κ2) is 11.4. The highest BCUT2D eigenvalue weighted by molar-refractivity contribution is 8.93. The topological polar surface area (TPSA) is 0 Å². The lowest BCUT2D eigenvalue weighted by atomic mass is 9.90. The first kappa shape index (κ1) is 18.3. The van der Waals surface area contributed by atoms with E-state index in [0.29, 0.717) is 5.16 Å². The third-order valence-corrected chi connectivity index (χ3v) is 3.95. The Balaban J connectivity index is 0. The number of rotatable bonds is 9. The third kappa shape index (κ3) is 9.82. The molecule has 0 aromatic rings. The Morgan fingerprint density at radius 3 is 1.20 bits per heavy atom. The Hall–Kier alpha value is 0.910. The molecule has 0 aromatic heterocycles. The molecule has 0 aliphatic heterocycles. The van der Waals surface area contributed by atoms with Gasteiger partial charge in [-0.2, -0.15) is 0 Å². The van der Waals surface area contributed by atoms with Gasteiger partial charge in [0.25, 0.3) is 0 Å². The van der Waals surface area contributed by atoms with Crippen molar-refractivity contribution in [3.05, 3.63) is 0 Å². The highest BCUT2D eigenvalue weighted by atomic mass is 79.9. The van der Waals surface area contributed by atoms with Crippen LogP contribution in [0.5, 0.6) is 0 Å². The number of hydrogen-bond acceptors (Lipinski definition) is 0. The highest BCUT2D eigenvalue weighted by Crippen LogP contribution is 2.36. The van der Waals surface area contributed by atoms with Crippen molar-refractivity contribution in [2.75, 3.05) is 0 Å². The first-order chi connectivity index (χ1) is 6.68. The van der Waals surface area contributed by atoms with Crippen molar-refractivity contribution in [3.8, 4) is 0 Å². The molecule has 0 saturated carbocycles. The van der Waals surface area contributed by atoms with Crippen LogP contribution in [0.25, 0.3) is 0 Å². The normalized spacial score (nSPS) is 11.2. The molecule has 0 amide bonds. The van der Waals surface area contributed by atoms with E-state index in [-0.39, 0.29) is 17.0 Å². The van der Waals surface area contributed by atoms with Crippen molar-refractivity contribution in [1.82, 2.24) is 0 Å².